The monoisotopic (exact) mass is 489 g/mol. The summed E-state index contributed by atoms with van der Waals surface area (Å²) in [5.41, 5.74) is 4.11. The largest absolute Gasteiger partial charge is 0.480 e. The van der Waals surface area contributed by atoms with E-state index in [0.29, 0.717) is 0 Å². The van der Waals surface area contributed by atoms with Crippen LogP contribution in [0.15, 0.2) is 48.5 Å². The molecule has 1 aliphatic rings. The third-order valence-electron chi connectivity index (χ3n) is 5.30. The van der Waals surface area contributed by atoms with Gasteiger partial charge < -0.3 is 15.2 Å². The summed E-state index contributed by atoms with van der Waals surface area (Å²) in [6, 6.07) is 13.3. The number of aromatic amines is 1. The molecule has 0 radical (unpaired) electrons. The van der Waals surface area contributed by atoms with E-state index in [1.54, 1.807) is 5.32 Å². The van der Waals surface area contributed by atoms with E-state index < -0.39 is 42.4 Å². The van der Waals surface area contributed by atoms with Gasteiger partial charge in [0.25, 0.3) is 11.9 Å². The summed E-state index contributed by atoms with van der Waals surface area (Å²) >= 11 is 0. The van der Waals surface area contributed by atoms with Crippen molar-refractivity contribution >= 4 is 23.9 Å². The Morgan fingerprint density at radius 2 is 1.66 bits per heavy atom. The second kappa shape index (κ2) is 9.44. The van der Waals surface area contributed by atoms with Crippen molar-refractivity contribution in [2.45, 2.75) is 24.6 Å². The number of fused-ring (bicyclic) bond motifs is 3. The van der Waals surface area contributed by atoms with Crippen LogP contribution in [0.25, 0.3) is 11.1 Å². The average molecular weight is 489 g/mol. The summed E-state index contributed by atoms with van der Waals surface area (Å²) in [5, 5.41) is 18.5. The molecule has 35 heavy (non-hydrogen) atoms. The summed E-state index contributed by atoms with van der Waals surface area (Å²) in [4.78, 5) is 39.0. The number of rotatable bonds is 7. The molecule has 1 unspecified atom stereocenters. The van der Waals surface area contributed by atoms with Gasteiger partial charge in [0.15, 0.2) is 0 Å². The summed E-state index contributed by atoms with van der Waals surface area (Å²) in [5.74, 6) is -4.27. The zero-order valence-electron chi connectivity index (χ0n) is 17.8. The maximum Gasteiger partial charge on any atom is 0.414 e. The molecule has 4 rings (SSSR count). The molecule has 1 aliphatic carbocycles. The molecule has 0 spiro atoms. The van der Waals surface area contributed by atoms with Gasteiger partial charge in [-0.3, -0.25) is 15.2 Å². The number of alkyl halides is 3. The molecule has 2 amide bonds. The number of carboxylic acid groups (broad SMARTS) is 1. The first kappa shape index (κ1) is 23.7. The first-order chi connectivity index (χ1) is 16.6. The molecule has 182 valence electrons. The van der Waals surface area contributed by atoms with Crippen LogP contribution in [0, 0.1) is 0 Å². The van der Waals surface area contributed by atoms with Crippen LogP contribution in [0.4, 0.5) is 23.9 Å². The summed E-state index contributed by atoms with van der Waals surface area (Å²) < 4.78 is 42.8. The highest BCUT2D eigenvalue weighted by molar-refractivity contribution is 5.94. The molecule has 0 fully saturated rings. The molecule has 4 N–H and O–H groups in total. The number of aliphatic carboxylic acids is 1. The molecule has 0 bridgehead atoms. The van der Waals surface area contributed by atoms with Gasteiger partial charge in [0.1, 0.15) is 12.6 Å². The highest BCUT2D eigenvalue weighted by Gasteiger charge is 2.37. The van der Waals surface area contributed by atoms with Gasteiger partial charge in [-0.15, -0.1) is 5.10 Å². The van der Waals surface area contributed by atoms with Crippen molar-refractivity contribution in [3.05, 3.63) is 65.5 Å². The van der Waals surface area contributed by atoms with E-state index in [1.807, 2.05) is 48.5 Å². The number of amides is 2. The SMILES string of the molecule is O=C(Nc1n[nH]c(C(=O)NC(CC(F)(F)F)C(=O)O)n1)OCC1c2ccccc2-c2ccccc21. The standard InChI is InChI=1S/C22H18F3N5O5/c23-22(24,25)9-16(19(32)33)26-18(31)17-27-20(30-29-17)28-21(34)35-10-15-13-7-3-1-5-11(13)12-6-2-4-8-14(12)15/h1-8,15-16H,9-10H2,(H,26,31)(H,32,33)(H2,27,28,29,30,34). The van der Waals surface area contributed by atoms with E-state index >= 15 is 0 Å². The van der Waals surface area contributed by atoms with Crippen molar-refractivity contribution in [1.29, 1.82) is 0 Å². The molecule has 10 nitrogen and oxygen atoms in total. The van der Waals surface area contributed by atoms with Crippen LogP contribution in [-0.4, -0.2) is 57.1 Å². The van der Waals surface area contributed by atoms with Gasteiger partial charge in [-0.25, -0.2) is 9.59 Å². The fraction of sp³-hybridized carbons (Fsp3) is 0.227. The quantitative estimate of drug-likeness (QED) is 0.398. The Hall–Kier alpha value is -4.42. The van der Waals surface area contributed by atoms with E-state index in [4.69, 9.17) is 9.84 Å². The van der Waals surface area contributed by atoms with Gasteiger partial charge in [0, 0.05) is 5.92 Å². The molecule has 2 aromatic carbocycles. The predicted molar refractivity (Wildman–Crippen MR) is 115 cm³/mol. The minimum atomic E-state index is -4.81. The summed E-state index contributed by atoms with van der Waals surface area (Å²) in [6.45, 7) is 0.00929. The topological polar surface area (TPSA) is 146 Å². The number of nitrogens with one attached hydrogen (secondary N) is 3. The lowest BCUT2D eigenvalue weighted by molar-refractivity contribution is -0.157. The number of anilines is 1. The molecule has 1 aromatic heterocycles. The lowest BCUT2D eigenvalue weighted by Crippen LogP contribution is -2.44. The molecule has 1 heterocycles. The van der Waals surface area contributed by atoms with E-state index in [1.165, 1.54) is 0 Å². The Labute approximate surface area is 195 Å². The number of carbonyl (C=O) groups is 3. The van der Waals surface area contributed by atoms with E-state index in [0.717, 1.165) is 22.3 Å². The number of aromatic nitrogens is 3. The Morgan fingerprint density at radius 3 is 2.23 bits per heavy atom. The number of benzene rings is 2. The first-order valence-electron chi connectivity index (χ1n) is 10.3. The number of hydrogen-bond acceptors (Lipinski definition) is 6. The third-order valence-corrected chi connectivity index (χ3v) is 5.30. The van der Waals surface area contributed by atoms with Gasteiger partial charge in [-0.05, 0) is 22.3 Å². The number of hydrogen-bond donors (Lipinski definition) is 4. The normalized spacial score (nSPS) is 13.5. The summed E-state index contributed by atoms with van der Waals surface area (Å²) in [7, 11) is 0. The van der Waals surface area contributed by atoms with Crippen LogP contribution in [-0.2, 0) is 9.53 Å². The van der Waals surface area contributed by atoms with Crippen LogP contribution in [0.2, 0.25) is 0 Å². The molecule has 0 aliphatic heterocycles. The summed E-state index contributed by atoms with van der Waals surface area (Å²) in [6.07, 6.45) is -7.50. The van der Waals surface area contributed by atoms with Crippen molar-refractivity contribution in [3.63, 3.8) is 0 Å². The number of H-pyrrole nitrogens is 1. The van der Waals surface area contributed by atoms with Crippen LogP contribution < -0.4 is 10.6 Å². The van der Waals surface area contributed by atoms with Gasteiger partial charge >= 0.3 is 18.2 Å². The lowest BCUT2D eigenvalue weighted by Gasteiger charge is -2.15. The smallest absolute Gasteiger partial charge is 0.414 e. The first-order valence-corrected chi connectivity index (χ1v) is 10.3. The number of halogens is 3. The zero-order valence-corrected chi connectivity index (χ0v) is 17.8. The molecule has 0 saturated carbocycles. The van der Waals surface area contributed by atoms with Gasteiger partial charge in [0.05, 0.1) is 6.42 Å². The number of ether oxygens (including phenoxy) is 1. The Bertz CT molecular complexity index is 1230. The van der Waals surface area contributed by atoms with Crippen LogP contribution in [0.5, 0.6) is 0 Å². The van der Waals surface area contributed by atoms with Crippen molar-refractivity contribution in [2.75, 3.05) is 11.9 Å². The number of carbonyl (C=O) groups excluding carboxylic acids is 2. The van der Waals surface area contributed by atoms with E-state index in [2.05, 4.69) is 20.5 Å². The lowest BCUT2D eigenvalue weighted by atomic mass is 9.98. The van der Waals surface area contributed by atoms with Crippen molar-refractivity contribution in [3.8, 4) is 11.1 Å². The van der Waals surface area contributed by atoms with Crippen molar-refractivity contribution in [2.24, 2.45) is 0 Å². The van der Waals surface area contributed by atoms with Crippen molar-refractivity contribution in [1.82, 2.24) is 20.5 Å². The van der Waals surface area contributed by atoms with E-state index in [-0.39, 0.29) is 18.5 Å². The maximum absolute atomic E-state index is 12.5. The molecule has 13 heteroatoms. The molecule has 1 atom stereocenters. The second-order valence-corrected chi connectivity index (χ2v) is 7.64. The Kier molecular flexibility index (Phi) is 6.40. The second-order valence-electron chi connectivity index (χ2n) is 7.64. The van der Waals surface area contributed by atoms with Gasteiger partial charge in [-0.1, -0.05) is 48.5 Å². The molecule has 0 saturated heterocycles. The van der Waals surface area contributed by atoms with Gasteiger partial charge in [-0.2, -0.15) is 18.2 Å². The van der Waals surface area contributed by atoms with Crippen molar-refractivity contribution < 1.29 is 37.4 Å². The zero-order chi connectivity index (χ0) is 25.2. The Balaban J connectivity index is 1.36. The molecular formula is C22H18F3N5O5. The molecule has 3 aromatic rings. The fourth-order valence-corrected chi connectivity index (χ4v) is 3.80. The third kappa shape index (κ3) is 5.39. The highest BCUT2D eigenvalue weighted by Crippen LogP contribution is 2.44. The predicted octanol–water partition coefficient (Wildman–Crippen LogP) is 3.30. The van der Waals surface area contributed by atoms with Crippen LogP contribution in [0.1, 0.15) is 34.1 Å². The fourth-order valence-electron chi connectivity index (χ4n) is 3.80. The Morgan fingerprint density at radius 1 is 1.06 bits per heavy atom. The number of nitrogens with zero attached hydrogens (tertiary/aromatic N) is 2. The van der Waals surface area contributed by atoms with Crippen LogP contribution >= 0.6 is 0 Å². The minimum Gasteiger partial charge on any atom is -0.480 e. The number of carboxylic acids is 1. The highest BCUT2D eigenvalue weighted by atomic mass is 19.4. The van der Waals surface area contributed by atoms with Gasteiger partial charge in [0.2, 0.25) is 5.82 Å². The minimum absolute atomic E-state index is 0.00929. The molecular weight excluding hydrogens is 471 g/mol. The maximum atomic E-state index is 12.5. The average Bonchev–Trinajstić information content (AvgIpc) is 3.39. The van der Waals surface area contributed by atoms with Crippen LogP contribution in [0.3, 0.4) is 0 Å². The van der Waals surface area contributed by atoms with E-state index in [9.17, 15) is 27.6 Å².